The van der Waals surface area contributed by atoms with Crippen molar-refractivity contribution in [3.63, 3.8) is 0 Å². The van der Waals surface area contributed by atoms with E-state index in [2.05, 4.69) is 29.2 Å². The molecule has 0 aromatic carbocycles. The van der Waals surface area contributed by atoms with Gasteiger partial charge in [0, 0.05) is 0 Å². The molecule has 30 valence electrons. The molecule has 0 aliphatic carbocycles. The summed E-state index contributed by atoms with van der Waals surface area (Å²) < 4.78 is 0.990. The van der Waals surface area contributed by atoms with Crippen LogP contribution in [0, 0.1) is 0 Å². The number of allylic oxidation sites excluding steroid dienone is 1. The van der Waals surface area contributed by atoms with E-state index in [0.29, 0.717) is 5.88 Å². The second kappa shape index (κ2) is 2.97. The smallest absolute Gasteiger partial charge is 0.0526 e. The summed E-state index contributed by atoms with van der Waals surface area (Å²) >= 11 is 7.31. The van der Waals surface area contributed by atoms with E-state index in [1.807, 2.05) is 0 Å². The van der Waals surface area contributed by atoms with Gasteiger partial charge in [-0.3, -0.25) is 0 Å². The normalized spacial score (nSPS) is 7.60. The molecule has 0 spiro atoms. The van der Waals surface area contributed by atoms with E-state index < -0.39 is 0 Å². The molecule has 0 rings (SSSR count). The fourth-order valence-electron chi connectivity index (χ4n) is 0. The summed E-state index contributed by atoms with van der Waals surface area (Å²) in [6.45, 7) is 3.53. The average Bonchev–Trinajstić information content (AvgIpc) is 1.38. The van der Waals surface area contributed by atoms with E-state index in [0.717, 1.165) is 3.58 Å². The Kier molecular flexibility index (Phi) is 3.42. The zero-order valence-electron chi connectivity index (χ0n) is 2.67. The molecule has 0 unspecified atom stereocenters. The maximum Gasteiger partial charge on any atom is 0.0526 e. The van der Waals surface area contributed by atoms with Gasteiger partial charge < -0.3 is 0 Å². The lowest BCUT2D eigenvalue weighted by atomic mass is 10.8. The number of halogens is 2. The average molecular weight is 202 g/mol. The topological polar surface area (TPSA) is 0 Å². The van der Waals surface area contributed by atoms with Crippen LogP contribution in [0.2, 0.25) is 0 Å². The van der Waals surface area contributed by atoms with Crippen molar-refractivity contribution >= 4 is 34.2 Å². The van der Waals surface area contributed by atoms with Crippen LogP contribution in [0.25, 0.3) is 0 Å². The molecular weight excluding hydrogens is 198 g/mol. The molecule has 2 heteroatoms. The Bertz CT molecular complexity index is 42.2. The first-order valence-corrected chi connectivity index (χ1v) is 2.78. The van der Waals surface area contributed by atoms with Crippen LogP contribution in [0.15, 0.2) is 10.2 Å². The lowest BCUT2D eigenvalue weighted by molar-refractivity contribution is 1.78. The third kappa shape index (κ3) is 4.76. The molecule has 0 amide bonds. The van der Waals surface area contributed by atoms with E-state index in [-0.39, 0.29) is 0 Å². The van der Waals surface area contributed by atoms with Crippen molar-refractivity contribution in [1.82, 2.24) is 0 Å². The lowest BCUT2D eigenvalue weighted by Crippen LogP contribution is -1.59. The van der Waals surface area contributed by atoms with Crippen LogP contribution in [0.3, 0.4) is 0 Å². The minimum Gasteiger partial charge on any atom is -0.121 e. The molecular formula is C3H4ClI. The molecule has 0 N–H and O–H groups in total. The summed E-state index contributed by atoms with van der Waals surface area (Å²) in [5.41, 5.74) is 0. The molecule has 5 heavy (non-hydrogen) atoms. The molecule has 0 atom stereocenters. The quantitative estimate of drug-likeness (QED) is 0.452. The van der Waals surface area contributed by atoms with Crippen LogP contribution in [-0.2, 0) is 0 Å². The molecule has 0 aliphatic rings. The predicted molar refractivity (Wildman–Crippen MR) is 33.9 cm³/mol. The lowest BCUT2D eigenvalue weighted by Gasteiger charge is -1.74. The molecule has 0 aromatic rings. The zero-order valence-corrected chi connectivity index (χ0v) is 5.58. The van der Waals surface area contributed by atoms with Crippen LogP contribution in [0.5, 0.6) is 0 Å². The summed E-state index contributed by atoms with van der Waals surface area (Å²) in [4.78, 5) is 0. The highest BCUT2D eigenvalue weighted by Gasteiger charge is 1.73. The predicted octanol–water partition coefficient (Wildman–Crippen LogP) is 2.17. The Balaban J connectivity index is 2.85. The number of hydrogen-bond donors (Lipinski definition) is 0. The zero-order chi connectivity index (χ0) is 4.28. The minimum atomic E-state index is 0.570. The van der Waals surface area contributed by atoms with Crippen molar-refractivity contribution in [2.45, 2.75) is 0 Å². The Morgan fingerprint density at radius 2 is 2.20 bits per heavy atom. The fourth-order valence-corrected chi connectivity index (χ4v) is 0. The third-order valence-electron chi connectivity index (χ3n) is 0.145. The molecule has 0 nitrogen and oxygen atoms in total. The van der Waals surface area contributed by atoms with Crippen molar-refractivity contribution < 1.29 is 0 Å². The maximum atomic E-state index is 5.23. The van der Waals surface area contributed by atoms with Gasteiger partial charge in [0.25, 0.3) is 0 Å². The SMILES string of the molecule is C=C(I)CCl. The van der Waals surface area contributed by atoms with Crippen molar-refractivity contribution in [1.29, 1.82) is 0 Å². The number of alkyl halides is 1. The van der Waals surface area contributed by atoms with E-state index in [4.69, 9.17) is 11.6 Å². The van der Waals surface area contributed by atoms with E-state index in [9.17, 15) is 0 Å². The first-order chi connectivity index (χ1) is 2.27. The van der Waals surface area contributed by atoms with E-state index in [1.165, 1.54) is 0 Å². The minimum absolute atomic E-state index is 0.570. The molecule has 0 aromatic heterocycles. The van der Waals surface area contributed by atoms with Crippen LogP contribution in [0.1, 0.15) is 0 Å². The maximum absolute atomic E-state index is 5.23. The van der Waals surface area contributed by atoms with Crippen LogP contribution < -0.4 is 0 Å². The molecule has 0 heterocycles. The first-order valence-electron chi connectivity index (χ1n) is 1.16. The van der Waals surface area contributed by atoms with Gasteiger partial charge >= 0.3 is 0 Å². The summed E-state index contributed by atoms with van der Waals surface area (Å²) in [7, 11) is 0. The molecule has 0 saturated heterocycles. The van der Waals surface area contributed by atoms with Crippen molar-refractivity contribution in [3.8, 4) is 0 Å². The molecule has 0 aliphatic heterocycles. The summed E-state index contributed by atoms with van der Waals surface area (Å²) in [5.74, 6) is 0.570. The van der Waals surface area contributed by atoms with Gasteiger partial charge in [-0.2, -0.15) is 0 Å². The highest BCUT2D eigenvalue weighted by atomic mass is 127. The standard InChI is InChI=1S/C3H4ClI/c1-3(5)2-4/h1-2H2. The van der Waals surface area contributed by atoms with Crippen molar-refractivity contribution in [3.05, 3.63) is 10.2 Å². The van der Waals surface area contributed by atoms with Gasteiger partial charge in [0.15, 0.2) is 0 Å². The van der Waals surface area contributed by atoms with E-state index in [1.54, 1.807) is 0 Å². The van der Waals surface area contributed by atoms with Gasteiger partial charge in [-0.25, -0.2) is 0 Å². The Morgan fingerprint density at radius 1 is 2.00 bits per heavy atom. The summed E-state index contributed by atoms with van der Waals surface area (Å²) in [6, 6.07) is 0. The Morgan fingerprint density at radius 3 is 2.20 bits per heavy atom. The molecule has 0 fully saturated rings. The summed E-state index contributed by atoms with van der Waals surface area (Å²) in [6.07, 6.45) is 0. The Labute approximate surface area is 50.3 Å². The Hall–Kier alpha value is 0.760. The van der Waals surface area contributed by atoms with Gasteiger partial charge in [-0.1, -0.05) is 6.58 Å². The van der Waals surface area contributed by atoms with Crippen LogP contribution in [0.4, 0.5) is 0 Å². The van der Waals surface area contributed by atoms with Crippen LogP contribution in [-0.4, -0.2) is 5.88 Å². The van der Waals surface area contributed by atoms with Crippen LogP contribution >= 0.6 is 34.2 Å². The summed E-state index contributed by atoms with van der Waals surface area (Å²) in [5, 5.41) is 0. The van der Waals surface area contributed by atoms with Gasteiger partial charge in [0.05, 0.1) is 5.88 Å². The fraction of sp³-hybridized carbons (Fsp3) is 0.333. The van der Waals surface area contributed by atoms with Gasteiger partial charge in [0.2, 0.25) is 0 Å². The molecule has 0 radical (unpaired) electrons. The highest BCUT2D eigenvalue weighted by Crippen LogP contribution is 2.01. The first kappa shape index (κ1) is 5.76. The second-order valence-electron chi connectivity index (χ2n) is 0.651. The van der Waals surface area contributed by atoms with Gasteiger partial charge in [-0.05, 0) is 26.2 Å². The number of hydrogen-bond acceptors (Lipinski definition) is 0. The number of rotatable bonds is 1. The van der Waals surface area contributed by atoms with E-state index >= 15 is 0 Å². The second-order valence-corrected chi connectivity index (χ2v) is 2.44. The highest BCUT2D eigenvalue weighted by molar-refractivity contribution is 14.1. The monoisotopic (exact) mass is 202 g/mol. The third-order valence-corrected chi connectivity index (χ3v) is 1.30. The van der Waals surface area contributed by atoms with Gasteiger partial charge in [0.1, 0.15) is 0 Å². The largest absolute Gasteiger partial charge is 0.121 e. The van der Waals surface area contributed by atoms with Crippen molar-refractivity contribution in [2.24, 2.45) is 0 Å². The van der Waals surface area contributed by atoms with Crippen molar-refractivity contribution in [2.75, 3.05) is 5.88 Å². The molecule has 0 saturated carbocycles. The molecule has 0 bridgehead atoms. The van der Waals surface area contributed by atoms with Gasteiger partial charge in [-0.15, -0.1) is 11.6 Å².